The van der Waals surface area contributed by atoms with Gasteiger partial charge in [-0.1, -0.05) is 0 Å². The molecular weight excluding hydrogens is 364 g/mol. The van der Waals surface area contributed by atoms with Crippen LogP contribution >= 0.6 is 0 Å². The second kappa shape index (κ2) is 10.5. The van der Waals surface area contributed by atoms with Gasteiger partial charge in [-0.25, -0.2) is 4.98 Å². The molecule has 1 heterocycles. The van der Waals surface area contributed by atoms with Crippen LogP contribution in [0, 0.1) is 0 Å². The fourth-order valence-corrected chi connectivity index (χ4v) is 1.91. The molecule has 0 radical (unpaired) electrons. The number of aromatic nitrogens is 2. The van der Waals surface area contributed by atoms with E-state index in [4.69, 9.17) is 15.9 Å². The molecule has 1 rings (SSSR count). The fourth-order valence-electron chi connectivity index (χ4n) is 1.91. The highest BCUT2D eigenvalue weighted by Crippen LogP contribution is 2.00. The molecule has 3 amide bonds. The molecule has 0 saturated carbocycles. The van der Waals surface area contributed by atoms with E-state index in [-0.39, 0.29) is 6.42 Å². The molecule has 8 N–H and O–H groups in total. The molecule has 0 spiro atoms. The van der Waals surface area contributed by atoms with Crippen molar-refractivity contribution in [3.8, 4) is 0 Å². The Morgan fingerprint density at radius 1 is 1.07 bits per heavy atom. The van der Waals surface area contributed by atoms with Gasteiger partial charge < -0.3 is 36.9 Å². The SMILES string of the molecule is N[C@@H](CC(=O)O)C(=O)N[C@@H](Cc1c[nH]cn1)C(=O)NCC(=O)NCC(=O)O. The molecule has 0 aliphatic heterocycles. The minimum absolute atomic E-state index is 0.0440. The number of nitrogens with one attached hydrogen (secondary N) is 4. The first-order chi connectivity index (χ1) is 12.7. The monoisotopic (exact) mass is 384 g/mol. The molecule has 0 saturated heterocycles. The van der Waals surface area contributed by atoms with Crippen molar-refractivity contribution < 1.29 is 34.2 Å². The van der Waals surface area contributed by atoms with E-state index >= 15 is 0 Å². The lowest BCUT2D eigenvalue weighted by Crippen LogP contribution is -2.54. The molecular formula is C14H20N6O7. The number of rotatable bonds is 11. The molecule has 0 unspecified atom stereocenters. The van der Waals surface area contributed by atoms with Crippen molar-refractivity contribution in [2.24, 2.45) is 5.73 Å². The number of hydrogen-bond donors (Lipinski definition) is 7. The van der Waals surface area contributed by atoms with Crippen LogP contribution in [0.15, 0.2) is 12.5 Å². The topological polar surface area (TPSA) is 217 Å². The Morgan fingerprint density at radius 3 is 2.33 bits per heavy atom. The Balaban J connectivity index is 2.68. The predicted octanol–water partition coefficient (Wildman–Crippen LogP) is -3.44. The summed E-state index contributed by atoms with van der Waals surface area (Å²) in [6.07, 6.45) is 2.18. The molecule has 27 heavy (non-hydrogen) atoms. The quantitative estimate of drug-likeness (QED) is 0.201. The van der Waals surface area contributed by atoms with Crippen LogP contribution in [0.1, 0.15) is 12.1 Å². The van der Waals surface area contributed by atoms with Crippen LogP contribution < -0.4 is 21.7 Å². The van der Waals surface area contributed by atoms with Crippen LogP contribution in [-0.4, -0.2) is 75.0 Å². The molecule has 13 heteroatoms. The van der Waals surface area contributed by atoms with E-state index < -0.39 is 61.3 Å². The standard InChI is InChI=1S/C14H20N6O7/c15-8(2-11(22)23)13(26)20-9(1-7-3-16-6-19-7)14(27)18-4-10(21)17-5-12(24)25/h3,6,8-9H,1-2,4-5,15H2,(H,16,19)(H,17,21)(H,18,27)(H,20,26)(H,22,23)(H,24,25)/t8-,9-/m0/s1. The van der Waals surface area contributed by atoms with Crippen LogP contribution in [-0.2, 0) is 30.4 Å². The summed E-state index contributed by atoms with van der Waals surface area (Å²) in [4.78, 5) is 63.3. The molecule has 0 aromatic carbocycles. The van der Waals surface area contributed by atoms with E-state index in [1.807, 2.05) is 0 Å². The largest absolute Gasteiger partial charge is 0.481 e. The number of carboxylic acids is 2. The van der Waals surface area contributed by atoms with Crippen LogP contribution in [0.4, 0.5) is 0 Å². The van der Waals surface area contributed by atoms with Crippen LogP contribution in [0.5, 0.6) is 0 Å². The average Bonchev–Trinajstić information content (AvgIpc) is 3.09. The number of carboxylic acid groups (broad SMARTS) is 2. The van der Waals surface area contributed by atoms with Crippen LogP contribution in [0.25, 0.3) is 0 Å². The molecule has 0 aliphatic rings. The van der Waals surface area contributed by atoms with Crippen molar-refractivity contribution in [1.82, 2.24) is 25.9 Å². The molecule has 0 fully saturated rings. The van der Waals surface area contributed by atoms with E-state index in [1.54, 1.807) is 0 Å². The number of carbonyl (C=O) groups excluding carboxylic acids is 3. The number of nitrogens with zero attached hydrogens (tertiary/aromatic N) is 1. The van der Waals surface area contributed by atoms with Crippen molar-refractivity contribution in [2.45, 2.75) is 24.9 Å². The van der Waals surface area contributed by atoms with Gasteiger partial charge in [-0.15, -0.1) is 0 Å². The molecule has 13 nitrogen and oxygen atoms in total. The molecule has 0 aliphatic carbocycles. The van der Waals surface area contributed by atoms with Crippen molar-refractivity contribution in [2.75, 3.05) is 13.1 Å². The Labute approximate surface area is 152 Å². The third kappa shape index (κ3) is 8.44. The third-order valence-corrected chi connectivity index (χ3v) is 3.19. The highest BCUT2D eigenvalue weighted by molar-refractivity contribution is 5.93. The number of amides is 3. The fraction of sp³-hybridized carbons (Fsp3) is 0.429. The van der Waals surface area contributed by atoms with Gasteiger partial charge in [0.1, 0.15) is 12.6 Å². The summed E-state index contributed by atoms with van der Waals surface area (Å²) in [6, 6.07) is -2.54. The predicted molar refractivity (Wildman–Crippen MR) is 88.1 cm³/mol. The number of H-pyrrole nitrogens is 1. The third-order valence-electron chi connectivity index (χ3n) is 3.19. The summed E-state index contributed by atoms with van der Waals surface area (Å²) in [5.41, 5.74) is 5.89. The molecule has 0 bridgehead atoms. The van der Waals surface area contributed by atoms with Gasteiger partial charge in [-0.05, 0) is 0 Å². The van der Waals surface area contributed by atoms with Gasteiger partial charge in [0.05, 0.1) is 31.0 Å². The first kappa shape index (κ1) is 21.6. The summed E-state index contributed by atoms with van der Waals surface area (Å²) in [6.45, 7) is -1.12. The highest BCUT2D eigenvalue weighted by atomic mass is 16.4. The maximum Gasteiger partial charge on any atom is 0.322 e. The first-order valence-electron chi connectivity index (χ1n) is 7.70. The first-order valence-corrected chi connectivity index (χ1v) is 7.70. The normalized spacial score (nSPS) is 12.5. The smallest absolute Gasteiger partial charge is 0.322 e. The molecule has 1 aromatic rings. The molecule has 148 valence electrons. The van der Waals surface area contributed by atoms with E-state index in [0.717, 1.165) is 0 Å². The van der Waals surface area contributed by atoms with Gasteiger partial charge in [0.15, 0.2) is 0 Å². The minimum atomic E-state index is -1.36. The number of carbonyl (C=O) groups is 5. The van der Waals surface area contributed by atoms with Crippen LogP contribution in [0.3, 0.4) is 0 Å². The maximum absolute atomic E-state index is 12.3. The van der Waals surface area contributed by atoms with E-state index in [0.29, 0.717) is 5.69 Å². The maximum atomic E-state index is 12.3. The number of hydrogen-bond acceptors (Lipinski definition) is 7. The van der Waals surface area contributed by atoms with Crippen molar-refractivity contribution in [3.05, 3.63) is 18.2 Å². The Kier molecular flexibility index (Phi) is 8.38. The summed E-state index contributed by atoms with van der Waals surface area (Å²) in [5.74, 6) is -4.87. The van der Waals surface area contributed by atoms with Gasteiger partial charge in [0.2, 0.25) is 17.7 Å². The second-order valence-electron chi connectivity index (χ2n) is 5.42. The lowest BCUT2D eigenvalue weighted by Gasteiger charge is -2.19. The zero-order valence-corrected chi connectivity index (χ0v) is 14.1. The number of nitrogens with two attached hydrogens (primary N) is 1. The zero-order valence-electron chi connectivity index (χ0n) is 14.1. The van der Waals surface area contributed by atoms with Gasteiger partial charge >= 0.3 is 11.9 Å². The van der Waals surface area contributed by atoms with Gasteiger partial charge in [-0.2, -0.15) is 0 Å². The lowest BCUT2D eigenvalue weighted by atomic mass is 10.1. The average molecular weight is 384 g/mol. The Bertz CT molecular complexity index is 690. The zero-order chi connectivity index (χ0) is 20.4. The molecule has 1 aromatic heterocycles. The van der Waals surface area contributed by atoms with E-state index in [2.05, 4.69) is 25.9 Å². The summed E-state index contributed by atoms with van der Waals surface area (Å²) in [7, 11) is 0. The summed E-state index contributed by atoms with van der Waals surface area (Å²) in [5, 5.41) is 23.8. The lowest BCUT2D eigenvalue weighted by molar-refractivity contribution is -0.139. The minimum Gasteiger partial charge on any atom is -0.481 e. The second-order valence-corrected chi connectivity index (χ2v) is 5.42. The van der Waals surface area contributed by atoms with Crippen molar-refractivity contribution >= 4 is 29.7 Å². The number of imidazole rings is 1. The Morgan fingerprint density at radius 2 is 1.78 bits per heavy atom. The summed E-state index contributed by atoms with van der Waals surface area (Å²) < 4.78 is 0. The Hall–Kier alpha value is -3.48. The number of aromatic amines is 1. The van der Waals surface area contributed by atoms with Crippen LogP contribution in [0.2, 0.25) is 0 Å². The van der Waals surface area contributed by atoms with Crippen molar-refractivity contribution in [3.63, 3.8) is 0 Å². The van der Waals surface area contributed by atoms with Crippen molar-refractivity contribution in [1.29, 1.82) is 0 Å². The van der Waals surface area contributed by atoms with Gasteiger partial charge in [0.25, 0.3) is 0 Å². The highest BCUT2D eigenvalue weighted by Gasteiger charge is 2.26. The number of aliphatic carboxylic acids is 2. The van der Waals surface area contributed by atoms with E-state index in [1.165, 1.54) is 12.5 Å². The molecule has 2 atom stereocenters. The van der Waals surface area contributed by atoms with E-state index in [9.17, 15) is 24.0 Å². The van der Waals surface area contributed by atoms with Gasteiger partial charge in [-0.3, -0.25) is 24.0 Å². The van der Waals surface area contributed by atoms with Gasteiger partial charge in [0, 0.05) is 12.6 Å². The summed E-state index contributed by atoms with van der Waals surface area (Å²) >= 11 is 0.